The number of aryl methyl sites for hydroxylation is 1. The van der Waals surface area contributed by atoms with E-state index in [1.54, 1.807) is 0 Å². The van der Waals surface area contributed by atoms with Crippen molar-refractivity contribution in [2.45, 2.75) is 57.5 Å². The number of likely N-dealkylation sites (tertiary alicyclic amines) is 1. The lowest BCUT2D eigenvalue weighted by Gasteiger charge is -2.42. The monoisotopic (exact) mass is 358 g/mol. The van der Waals surface area contributed by atoms with Crippen molar-refractivity contribution >= 4 is 17.7 Å². The van der Waals surface area contributed by atoms with E-state index in [0.717, 1.165) is 76.2 Å². The van der Waals surface area contributed by atoms with E-state index >= 15 is 0 Å². The number of carbonyl (C=O) groups excluding carboxylic acids is 1. The minimum Gasteiger partial charge on any atom is -0.368 e. The summed E-state index contributed by atoms with van der Waals surface area (Å²) in [6, 6.07) is 3.04. The van der Waals surface area contributed by atoms with E-state index in [1.807, 2.05) is 13.0 Å². The van der Waals surface area contributed by atoms with E-state index in [0.29, 0.717) is 18.0 Å². The van der Waals surface area contributed by atoms with Crippen molar-refractivity contribution in [2.24, 2.45) is 5.92 Å². The van der Waals surface area contributed by atoms with Crippen LogP contribution >= 0.6 is 0 Å². The number of carbonyl (C=O) groups is 1. The summed E-state index contributed by atoms with van der Waals surface area (Å²) in [6.07, 6.45) is 6.71. The summed E-state index contributed by atoms with van der Waals surface area (Å²) in [5, 5.41) is 3.19. The molecule has 142 valence electrons. The first-order valence-corrected chi connectivity index (χ1v) is 9.99. The minimum absolute atomic E-state index is 0.173. The molecule has 3 aliphatic rings. The fraction of sp³-hybridized carbons (Fsp3) is 0.737. The van der Waals surface area contributed by atoms with Gasteiger partial charge in [0.05, 0.1) is 5.92 Å². The van der Waals surface area contributed by atoms with Crippen molar-refractivity contribution in [1.29, 1.82) is 0 Å². The van der Waals surface area contributed by atoms with Gasteiger partial charge in [-0.25, -0.2) is 4.98 Å². The Morgan fingerprint density at radius 1 is 1.15 bits per heavy atom. The average molecular weight is 358 g/mol. The third-order valence-electron chi connectivity index (χ3n) is 5.91. The molecule has 1 amide bonds. The molecular weight excluding hydrogens is 328 g/mol. The number of nitrogen functional groups attached to an aromatic ring is 1. The zero-order chi connectivity index (χ0) is 18.1. The van der Waals surface area contributed by atoms with E-state index in [2.05, 4.69) is 25.1 Å². The second kappa shape index (κ2) is 7.39. The van der Waals surface area contributed by atoms with E-state index in [-0.39, 0.29) is 11.8 Å². The molecule has 7 nitrogen and oxygen atoms in total. The number of amides is 1. The lowest BCUT2D eigenvalue weighted by molar-refractivity contribution is -0.127. The Labute approximate surface area is 155 Å². The number of rotatable bonds is 4. The van der Waals surface area contributed by atoms with Crippen LogP contribution in [0.4, 0.5) is 11.8 Å². The maximum absolute atomic E-state index is 12.4. The number of anilines is 2. The second-order valence-corrected chi connectivity index (χ2v) is 8.06. The quantitative estimate of drug-likeness (QED) is 0.844. The summed E-state index contributed by atoms with van der Waals surface area (Å²) in [5.41, 5.74) is 6.71. The van der Waals surface area contributed by atoms with Gasteiger partial charge in [0, 0.05) is 43.5 Å². The first-order valence-electron chi connectivity index (χ1n) is 9.99. The molecule has 1 saturated carbocycles. The number of hydrogen-bond acceptors (Lipinski definition) is 6. The summed E-state index contributed by atoms with van der Waals surface area (Å²) >= 11 is 0. The number of nitrogens with two attached hydrogens (primary N) is 1. The topological polar surface area (TPSA) is 87.4 Å². The fourth-order valence-corrected chi connectivity index (χ4v) is 4.30. The Kier molecular flexibility index (Phi) is 4.98. The summed E-state index contributed by atoms with van der Waals surface area (Å²) in [4.78, 5) is 25.8. The van der Waals surface area contributed by atoms with Crippen LogP contribution in [-0.2, 0) is 4.79 Å². The molecular formula is C19H30N6O. The first kappa shape index (κ1) is 17.5. The van der Waals surface area contributed by atoms with Gasteiger partial charge in [-0.2, -0.15) is 4.98 Å². The second-order valence-electron chi connectivity index (χ2n) is 8.06. The molecule has 0 bridgehead atoms. The van der Waals surface area contributed by atoms with Gasteiger partial charge < -0.3 is 16.0 Å². The van der Waals surface area contributed by atoms with Crippen molar-refractivity contribution in [3.8, 4) is 0 Å². The molecule has 3 fully saturated rings. The van der Waals surface area contributed by atoms with Crippen LogP contribution < -0.4 is 16.0 Å². The highest BCUT2D eigenvalue weighted by molar-refractivity contribution is 5.79. The Balaban J connectivity index is 1.31. The number of nitrogens with zero attached hydrogens (tertiary/aromatic N) is 4. The summed E-state index contributed by atoms with van der Waals surface area (Å²) < 4.78 is 0. The van der Waals surface area contributed by atoms with Crippen LogP contribution in [0.25, 0.3) is 0 Å². The van der Waals surface area contributed by atoms with Gasteiger partial charge in [0.1, 0.15) is 5.82 Å². The van der Waals surface area contributed by atoms with Crippen LogP contribution in [-0.4, -0.2) is 59.0 Å². The minimum atomic E-state index is 0.173. The highest BCUT2D eigenvalue weighted by atomic mass is 16.2. The molecule has 1 atom stereocenters. The lowest BCUT2D eigenvalue weighted by Crippen LogP contribution is -2.51. The Morgan fingerprint density at radius 3 is 2.62 bits per heavy atom. The SMILES string of the molecule is Cc1cc(N2CCC(N3CCC[C@H](C(=O)NC4CC4)C3)CC2)nc(N)n1. The van der Waals surface area contributed by atoms with Gasteiger partial charge in [0.15, 0.2) is 0 Å². The molecule has 0 aromatic carbocycles. The number of hydrogen-bond donors (Lipinski definition) is 2. The molecule has 0 spiro atoms. The summed E-state index contributed by atoms with van der Waals surface area (Å²) in [5.74, 6) is 1.74. The van der Waals surface area contributed by atoms with Gasteiger partial charge in [0.2, 0.25) is 11.9 Å². The first-order chi connectivity index (χ1) is 12.6. The van der Waals surface area contributed by atoms with Gasteiger partial charge in [-0.1, -0.05) is 0 Å². The maximum Gasteiger partial charge on any atom is 0.224 e. The standard InChI is InChI=1S/C19H30N6O/c1-13-11-17(23-19(20)21-13)24-9-6-16(7-10-24)25-8-2-3-14(12-25)18(26)22-15-4-5-15/h11,14-16H,2-10,12H2,1H3,(H,22,26)(H2,20,21,23)/t14-/m0/s1. The molecule has 2 saturated heterocycles. The van der Waals surface area contributed by atoms with Crippen molar-refractivity contribution in [2.75, 3.05) is 36.8 Å². The maximum atomic E-state index is 12.4. The van der Waals surface area contributed by atoms with Crippen LogP contribution in [0.15, 0.2) is 6.07 Å². The molecule has 0 unspecified atom stereocenters. The van der Waals surface area contributed by atoms with Crippen LogP contribution in [0.5, 0.6) is 0 Å². The number of nitrogens with one attached hydrogen (secondary N) is 1. The highest BCUT2D eigenvalue weighted by Gasteiger charge is 2.33. The van der Waals surface area contributed by atoms with Gasteiger partial charge in [-0.3, -0.25) is 9.69 Å². The van der Waals surface area contributed by atoms with Gasteiger partial charge in [-0.15, -0.1) is 0 Å². The van der Waals surface area contributed by atoms with E-state index in [9.17, 15) is 4.79 Å². The zero-order valence-corrected chi connectivity index (χ0v) is 15.7. The Morgan fingerprint density at radius 2 is 1.92 bits per heavy atom. The van der Waals surface area contributed by atoms with Crippen LogP contribution in [0.2, 0.25) is 0 Å². The van der Waals surface area contributed by atoms with E-state index < -0.39 is 0 Å². The molecule has 0 radical (unpaired) electrons. The van der Waals surface area contributed by atoms with Gasteiger partial charge in [-0.05, 0) is 52.0 Å². The fourth-order valence-electron chi connectivity index (χ4n) is 4.30. The number of aromatic nitrogens is 2. The molecule has 7 heteroatoms. The van der Waals surface area contributed by atoms with Crippen molar-refractivity contribution in [3.63, 3.8) is 0 Å². The third kappa shape index (κ3) is 4.09. The average Bonchev–Trinajstić information content (AvgIpc) is 3.45. The van der Waals surface area contributed by atoms with Crippen LogP contribution in [0, 0.1) is 12.8 Å². The molecule has 4 rings (SSSR count). The smallest absolute Gasteiger partial charge is 0.224 e. The molecule has 3 N–H and O–H groups in total. The molecule has 3 heterocycles. The molecule has 1 aromatic heterocycles. The molecule has 1 aromatic rings. The predicted octanol–water partition coefficient (Wildman–Crippen LogP) is 1.33. The highest BCUT2D eigenvalue weighted by Crippen LogP contribution is 2.27. The summed E-state index contributed by atoms with van der Waals surface area (Å²) in [7, 11) is 0. The predicted molar refractivity (Wildman–Crippen MR) is 102 cm³/mol. The van der Waals surface area contributed by atoms with Crippen LogP contribution in [0.3, 0.4) is 0 Å². The number of piperidine rings is 2. The molecule has 2 aliphatic heterocycles. The molecule has 26 heavy (non-hydrogen) atoms. The normalized spacial score (nSPS) is 25.3. The largest absolute Gasteiger partial charge is 0.368 e. The van der Waals surface area contributed by atoms with Gasteiger partial charge in [0.25, 0.3) is 0 Å². The van der Waals surface area contributed by atoms with E-state index in [1.165, 1.54) is 0 Å². The van der Waals surface area contributed by atoms with E-state index in [4.69, 9.17) is 5.73 Å². The molecule has 1 aliphatic carbocycles. The van der Waals surface area contributed by atoms with Crippen molar-refractivity contribution in [1.82, 2.24) is 20.2 Å². The van der Waals surface area contributed by atoms with Crippen molar-refractivity contribution in [3.05, 3.63) is 11.8 Å². The third-order valence-corrected chi connectivity index (χ3v) is 5.91. The Bertz CT molecular complexity index is 633. The van der Waals surface area contributed by atoms with Crippen molar-refractivity contribution < 1.29 is 4.79 Å². The lowest BCUT2D eigenvalue weighted by atomic mass is 9.93. The van der Waals surface area contributed by atoms with Crippen LogP contribution in [0.1, 0.15) is 44.2 Å². The van der Waals surface area contributed by atoms with Gasteiger partial charge >= 0.3 is 0 Å². The Hall–Kier alpha value is -1.89. The summed E-state index contributed by atoms with van der Waals surface area (Å²) in [6.45, 7) is 5.96. The zero-order valence-electron chi connectivity index (χ0n) is 15.7.